The number of nitrogens with one attached hydrogen (secondary N) is 1. The molecule has 0 atom stereocenters. The van der Waals surface area contributed by atoms with E-state index in [1.54, 1.807) is 4.88 Å². The van der Waals surface area contributed by atoms with Gasteiger partial charge in [-0.3, -0.25) is 4.90 Å². The highest BCUT2D eigenvalue weighted by atomic mass is 32.1. The summed E-state index contributed by atoms with van der Waals surface area (Å²) >= 11 is 1.89. The molecule has 1 N–H and O–H groups in total. The minimum Gasteiger partial charge on any atom is -0.370 e. The summed E-state index contributed by atoms with van der Waals surface area (Å²) < 4.78 is 0. The Kier molecular flexibility index (Phi) is 3.80. The molecule has 0 saturated heterocycles. The van der Waals surface area contributed by atoms with E-state index in [0.717, 1.165) is 32.0 Å². The van der Waals surface area contributed by atoms with E-state index in [4.69, 9.17) is 0 Å². The molecule has 0 spiro atoms. The molecule has 0 bridgehead atoms. The van der Waals surface area contributed by atoms with Crippen LogP contribution in [-0.4, -0.2) is 23.0 Å². The van der Waals surface area contributed by atoms with Crippen LogP contribution in [0.1, 0.15) is 22.9 Å². The largest absolute Gasteiger partial charge is 0.370 e. The monoisotopic (exact) mass is 273 g/mol. The SMILES string of the molecule is CCNc1ccc(CN2CCc3sccc3C2)cn1. The van der Waals surface area contributed by atoms with Crippen LogP contribution < -0.4 is 5.32 Å². The molecule has 0 unspecified atom stereocenters. The molecule has 1 aliphatic rings. The average molecular weight is 273 g/mol. The van der Waals surface area contributed by atoms with Gasteiger partial charge in [0.1, 0.15) is 5.82 Å². The third-order valence-corrected chi connectivity index (χ3v) is 4.50. The molecule has 1 aliphatic heterocycles. The van der Waals surface area contributed by atoms with Gasteiger partial charge < -0.3 is 5.32 Å². The second-order valence-electron chi connectivity index (χ2n) is 4.91. The molecule has 3 rings (SSSR count). The molecular formula is C15H19N3S. The highest BCUT2D eigenvalue weighted by Crippen LogP contribution is 2.24. The fourth-order valence-corrected chi connectivity index (χ4v) is 3.39. The van der Waals surface area contributed by atoms with Crippen LogP contribution in [-0.2, 0) is 19.5 Å². The van der Waals surface area contributed by atoms with Gasteiger partial charge in [0.25, 0.3) is 0 Å². The van der Waals surface area contributed by atoms with E-state index >= 15 is 0 Å². The maximum Gasteiger partial charge on any atom is 0.125 e. The van der Waals surface area contributed by atoms with Gasteiger partial charge in [0, 0.05) is 37.3 Å². The van der Waals surface area contributed by atoms with Gasteiger partial charge in [0.05, 0.1) is 0 Å². The third kappa shape index (κ3) is 2.96. The zero-order valence-corrected chi connectivity index (χ0v) is 12.0. The maximum absolute atomic E-state index is 4.43. The summed E-state index contributed by atoms with van der Waals surface area (Å²) in [5, 5.41) is 5.43. The van der Waals surface area contributed by atoms with Crippen LogP contribution >= 0.6 is 11.3 Å². The fraction of sp³-hybridized carbons (Fsp3) is 0.400. The Morgan fingerprint density at radius 3 is 3.11 bits per heavy atom. The Bertz CT molecular complexity index is 533. The van der Waals surface area contributed by atoms with Crippen LogP contribution in [0.2, 0.25) is 0 Å². The van der Waals surface area contributed by atoms with Gasteiger partial charge in [-0.1, -0.05) is 6.07 Å². The molecule has 3 nitrogen and oxygen atoms in total. The summed E-state index contributed by atoms with van der Waals surface area (Å²) in [5.74, 6) is 0.963. The smallest absolute Gasteiger partial charge is 0.125 e. The zero-order valence-electron chi connectivity index (χ0n) is 11.2. The first-order valence-corrected chi connectivity index (χ1v) is 7.69. The quantitative estimate of drug-likeness (QED) is 0.927. The normalized spacial score (nSPS) is 15.2. The molecule has 0 fully saturated rings. The van der Waals surface area contributed by atoms with E-state index in [0.29, 0.717) is 0 Å². The van der Waals surface area contributed by atoms with Gasteiger partial charge in [0.15, 0.2) is 0 Å². The van der Waals surface area contributed by atoms with E-state index in [2.05, 4.69) is 45.7 Å². The van der Waals surface area contributed by atoms with Gasteiger partial charge >= 0.3 is 0 Å². The second kappa shape index (κ2) is 5.72. The van der Waals surface area contributed by atoms with Crippen molar-refractivity contribution in [2.75, 3.05) is 18.4 Å². The summed E-state index contributed by atoms with van der Waals surface area (Å²) in [4.78, 5) is 8.50. The molecule has 0 aromatic carbocycles. The van der Waals surface area contributed by atoms with Crippen molar-refractivity contribution in [3.8, 4) is 0 Å². The average Bonchev–Trinajstić information content (AvgIpc) is 2.89. The minimum atomic E-state index is 0.916. The standard InChI is InChI=1S/C15H19N3S/c1-2-16-15-4-3-12(9-17-15)10-18-7-5-14-13(11-18)6-8-19-14/h3-4,6,8-9H,2,5,7,10-11H2,1H3,(H,16,17). The fourth-order valence-electron chi connectivity index (χ4n) is 2.50. The number of hydrogen-bond donors (Lipinski definition) is 1. The number of nitrogens with zero attached hydrogens (tertiary/aromatic N) is 2. The highest BCUT2D eigenvalue weighted by Gasteiger charge is 2.17. The molecule has 2 aromatic heterocycles. The first kappa shape index (κ1) is 12.6. The number of anilines is 1. The van der Waals surface area contributed by atoms with Crippen molar-refractivity contribution in [1.82, 2.24) is 9.88 Å². The van der Waals surface area contributed by atoms with E-state index in [9.17, 15) is 0 Å². The van der Waals surface area contributed by atoms with Crippen molar-refractivity contribution in [2.24, 2.45) is 0 Å². The predicted octanol–water partition coefficient (Wildman–Crippen LogP) is 3.13. The van der Waals surface area contributed by atoms with Crippen molar-refractivity contribution in [1.29, 1.82) is 0 Å². The van der Waals surface area contributed by atoms with E-state index in [-0.39, 0.29) is 0 Å². The second-order valence-corrected chi connectivity index (χ2v) is 5.91. The van der Waals surface area contributed by atoms with Gasteiger partial charge in [-0.05, 0) is 42.0 Å². The summed E-state index contributed by atoms with van der Waals surface area (Å²) in [6, 6.07) is 6.51. The molecule has 0 aliphatic carbocycles. The Morgan fingerprint density at radius 1 is 1.37 bits per heavy atom. The van der Waals surface area contributed by atoms with Crippen molar-refractivity contribution in [2.45, 2.75) is 26.4 Å². The van der Waals surface area contributed by atoms with Crippen molar-refractivity contribution in [3.05, 3.63) is 45.8 Å². The highest BCUT2D eigenvalue weighted by molar-refractivity contribution is 7.10. The summed E-state index contributed by atoms with van der Waals surface area (Å²) in [6.07, 6.45) is 3.18. The number of pyridine rings is 1. The predicted molar refractivity (Wildman–Crippen MR) is 80.5 cm³/mol. The van der Waals surface area contributed by atoms with E-state index in [1.165, 1.54) is 17.5 Å². The van der Waals surface area contributed by atoms with E-state index < -0.39 is 0 Å². The Balaban J connectivity index is 1.63. The lowest BCUT2D eigenvalue weighted by atomic mass is 10.1. The summed E-state index contributed by atoms with van der Waals surface area (Å²) in [6.45, 7) is 6.23. The number of thiophene rings is 1. The van der Waals surface area contributed by atoms with Crippen LogP contribution in [0.5, 0.6) is 0 Å². The molecule has 0 saturated carbocycles. The molecule has 3 heterocycles. The van der Waals surface area contributed by atoms with Crippen molar-refractivity contribution < 1.29 is 0 Å². The number of fused-ring (bicyclic) bond motifs is 1. The number of aromatic nitrogens is 1. The summed E-state index contributed by atoms with van der Waals surface area (Å²) in [5.41, 5.74) is 2.80. The van der Waals surface area contributed by atoms with Crippen LogP contribution in [0, 0.1) is 0 Å². The first-order valence-electron chi connectivity index (χ1n) is 6.81. The van der Waals surface area contributed by atoms with Gasteiger partial charge in [-0.15, -0.1) is 11.3 Å². The lowest BCUT2D eigenvalue weighted by Crippen LogP contribution is -2.29. The zero-order chi connectivity index (χ0) is 13.1. The Morgan fingerprint density at radius 2 is 2.32 bits per heavy atom. The van der Waals surface area contributed by atoms with Gasteiger partial charge in [-0.25, -0.2) is 4.98 Å². The third-order valence-electron chi connectivity index (χ3n) is 3.48. The Hall–Kier alpha value is -1.39. The van der Waals surface area contributed by atoms with Crippen LogP contribution in [0.25, 0.3) is 0 Å². The molecule has 2 aromatic rings. The topological polar surface area (TPSA) is 28.2 Å². The van der Waals surface area contributed by atoms with Gasteiger partial charge in [-0.2, -0.15) is 0 Å². The van der Waals surface area contributed by atoms with Crippen LogP contribution in [0.4, 0.5) is 5.82 Å². The van der Waals surface area contributed by atoms with Crippen molar-refractivity contribution >= 4 is 17.2 Å². The molecule has 0 amide bonds. The molecule has 100 valence electrons. The Labute approximate surface area is 118 Å². The number of hydrogen-bond acceptors (Lipinski definition) is 4. The molecule has 4 heteroatoms. The van der Waals surface area contributed by atoms with Crippen molar-refractivity contribution in [3.63, 3.8) is 0 Å². The lowest BCUT2D eigenvalue weighted by Gasteiger charge is -2.26. The number of rotatable bonds is 4. The molecular weight excluding hydrogens is 254 g/mol. The minimum absolute atomic E-state index is 0.916. The van der Waals surface area contributed by atoms with Crippen LogP contribution in [0.3, 0.4) is 0 Å². The molecule has 0 radical (unpaired) electrons. The van der Waals surface area contributed by atoms with Crippen LogP contribution in [0.15, 0.2) is 29.8 Å². The van der Waals surface area contributed by atoms with Gasteiger partial charge in [0.2, 0.25) is 0 Å². The maximum atomic E-state index is 4.43. The van der Waals surface area contributed by atoms with E-state index in [1.807, 2.05) is 17.5 Å². The first-order chi connectivity index (χ1) is 9.35. The lowest BCUT2D eigenvalue weighted by molar-refractivity contribution is 0.247. The molecule has 19 heavy (non-hydrogen) atoms. The summed E-state index contributed by atoms with van der Waals surface area (Å²) in [7, 11) is 0.